The molecule has 1 N–H and O–H groups in total. The molecule has 7 aliphatic carbocycles. The Morgan fingerprint density at radius 3 is 1.73 bits per heavy atom. The molecule has 1 amide bonds. The Morgan fingerprint density at radius 2 is 1.35 bits per heavy atom. The van der Waals surface area contributed by atoms with Gasteiger partial charge in [0.1, 0.15) is 11.5 Å². The maximum Gasteiger partial charge on any atom is 0.490 e. The summed E-state index contributed by atoms with van der Waals surface area (Å²) in [5, 5.41) is 3.16. The molecule has 8 bridgehead atoms. The van der Waals surface area contributed by atoms with E-state index in [9.17, 15) is 22.8 Å². The van der Waals surface area contributed by atoms with Crippen LogP contribution in [0.15, 0.2) is 0 Å². The van der Waals surface area contributed by atoms with E-state index in [1.807, 2.05) is 0 Å². The molecule has 7 rings (SSSR count). The van der Waals surface area contributed by atoms with Crippen LogP contribution in [0.25, 0.3) is 0 Å². The van der Waals surface area contributed by atoms with Gasteiger partial charge >= 0.3 is 12.1 Å². The van der Waals surface area contributed by atoms with Gasteiger partial charge in [0.2, 0.25) is 5.91 Å². The number of alkyl halides is 4. The lowest BCUT2D eigenvalue weighted by atomic mass is 9.33. The average molecular weight is 392 g/mol. The summed E-state index contributed by atoms with van der Waals surface area (Å²) in [6.07, 6.45) is -0.650. The van der Waals surface area contributed by atoms with Crippen LogP contribution in [0.5, 0.6) is 0 Å². The molecule has 0 aliphatic heterocycles. The number of carbonyl (C=O) groups excluding carboxylic acids is 2. The third kappa shape index (κ3) is 2.21. The van der Waals surface area contributed by atoms with Crippen molar-refractivity contribution in [2.24, 2.45) is 35.5 Å². The SMILES string of the molecule is O=C(CCl)NC12CC3C4CC5(OC(=O)C(F)(F)F)CC3C(C1)C(C5)C4C2. The van der Waals surface area contributed by atoms with Gasteiger partial charge in [0.15, 0.2) is 0 Å². The van der Waals surface area contributed by atoms with Gasteiger partial charge in [0, 0.05) is 5.54 Å². The number of ether oxygens (including phenoxy) is 1. The molecule has 0 aromatic heterocycles. The van der Waals surface area contributed by atoms with Crippen molar-refractivity contribution in [3.05, 3.63) is 0 Å². The van der Waals surface area contributed by atoms with Crippen molar-refractivity contribution >= 4 is 23.5 Å². The predicted octanol–water partition coefficient (Wildman–Crippen LogP) is 3.03. The molecule has 7 aliphatic rings. The minimum Gasteiger partial charge on any atom is -0.452 e. The molecule has 0 unspecified atom stereocenters. The van der Waals surface area contributed by atoms with Gasteiger partial charge in [0.25, 0.3) is 0 Å². The molecule has 0 atom stereocenters. The van der Waals surface area contributed by atoms with Crippen LogP contribution in [0.4, 0.5) is 13.2 Å². The van der Waals surface area contributed by atoms with Gasteiger partial charge in [-0.15, -0.1) is 11.6 Å². The standard InChI is InChI=1S/C18H21ClF3NO3/c19-7-14(24)23-16-1-8-11-4-17(26-15(25)18(20,21)22)5-12(8)10(3-16)13(6-17)9(11)2-16/h8-13H,1-7H2,(H,23,24). The lowest BCUT2D eigenvalue weighted by Gasteiger charge is -2.74. The summed E-state index contributed by atoms with van der Waals surface area (Å²) in [5.74, 6) is -0.0487. The van der Waals surface area contributed by atoms with E-state index < -0.39 is 17.7 Å². The second-order valence-corrected chi connectivity index (χ2v) is 9.51. The van der Waals surface area contributed by atoms with Gasteiger partial charge in [-0.1, -0.05) is 0 Å². The van der Waals surface area contributed by atoms with Crippen molar-refractivity contribution in [1.29, 1.82) is 0 Å². The Morgan fingerprint density at radius 1 is 0.923 bits per heavy atom. The highest BCUT2D eigenvalue weighted by Gasteiger charge is 2.72. The van der Waals surface area contributed by atoms with Gasteiger partial charge < -0.3 is 10.1 Å². The van der Waals surface area contributed by atoms with Crippen molar-refractivity contribution in [2.45, 2.75) is 55.8 Å². The second-order valence-electron chi connectivity index (χ2n) is 9.24. The molecule has 0 spiro atoms. The molecule has 0 aromatic rings. The molecular formula is C18H21ClF3NO3. The van der Waals surface area contributed by atoms with Crippen LogP contribution in [0.2, 0.25) is 0 Å². The molecule has 0 radical (unpaired) electrons. The molecule has 7 saturated carbocycles. The molecule has 0 saturated heterocycles. The quantitative estimate of drug-likeness (QED) is 0.594. The topological polar surface area (TPSA) is 55.4 Å². The first kappa shape index (κ1) is 17.1. The number of hydrogen-bond donors (Lipinski definition) is 1. The van der Waals surface area contributed by atoms with Crippen molar-refractivity contribution in [3.63, 3.8) is 0 Å². The van der Waals surface area contributed by atoms with Gasteiger partial charge in [0.05, 0.1) is 0 Å². The predicted molar refractivity (Wildman–Crippen MR) is 85.1 cm³/mol. The number of esters is 1. The van der Waals surface area contributed by atoms with Crippen LogP contribution in [-0.4, -0.2) is 35.1 Å². The fraction of sp³-hybridized carbons (Fsp3) is 0.889. The first-order valence-electron chi connectivity index (χ1n) is 9.33. The van der Waals surface area contributed by atoms with Crippen LogP contribution in [0.3, 0.4) is 0 Å². The Balaban J connectivity index is 1.41. The molecule has 7 fully saturated rings. The molecule has 0 aromatic carbocycles. The van der Waals surface area contributed by atoms with E-state index in [0.29, 0.717) is 54.8 Å². The van der Waals surface area contributed by atoms with E-state index in [1.54, 1.807) is 0 Å². The highest BCUT2D eigenvalue weighted by Crippen LogP contribution is 2.73. The first-order chi connectivity index (χ1) is 12.2. The van der Waals surface area contributed by atoms with Crippen molar-refractivity contribution in [1.82, 2.24) is 5.32 Å². The van der Waals surface area contributed by atoms with Crippen LogP contribution in [-0.2, 0) is 14.3 Å². The lowest BCUT2D eigenvalue weighted by Crippen LogP contribution is -2.74. The highest BCUT2D eigenvalue weighted by molar-refractivity contribution is 6.27. The van der Waals surface area contributed by atoms with Crippen molar-refractivity contribution < 1.29 is 27.5 Å². The highest BCUT2D eigenvalue weighted by atomic mass is 35.5. The fourth-order valence-corrected chi connectivity index (χ4v) is 7.79. The van der Waals surface area contributed by atoms with E-state index >= 15 is 0 Å². The first-order valence-corrected chi connectivity index (χ1v) is 9.86. The Hall–Kier alpha value is -0.980. The smallest absolute Gasteiger partial charge is 0.452 e. The minimum atomic E-state index is -4.93. The van der Waals surface area contributed by atoms with Crippen LogP contribution in [0, 0.1) is 35.5 Å². The summed E-state index contributed by atoms with van der Waals surface area (Å²) in [6.45, 7) is 0. The van der Waals surface area contributed by atoms with Gasteiger partial charge in [-0.3, -0.25) is 4.79 Å². The van der Waals surface area contributed by atoms with E-state index in [4.69, 9.17) is 16.3 Å². The fourth-order valence-electron chi connectivity index (χ4n) is 7.73. The van der Waals surface area contributed by atoms with Crippen LogP contribution < -0.4 is 5.32 Å². The van der Waals surface area contributed by atoms with E-state index in [1.165, 1.54) is 0 Å². The third-order valence-electron chi connectivity index (χ3n) is 8.07. The Bertz CT molecular complexity index is 616. The summed E-state index contributed by atoms with van der Waals surface area (Å²) < 4.78 is 43.3. The van der Waals surface area contributed by atoms with Crippen molar-refractivity contribution in [2.75, 3.05) is 5.88 Å². The van der Waals surface area contributed by atoms with Gasteiger partial charge in [-0.05, 0) is 74.0 Å². The molecular weight excluding hydrogens is 371 g/mol. The number of rotatable bonds is 3. The Labute approximate surface area is 154 Å². The average Bonchev–Trinajstić information content (AvgIpc) is 2.57. The van der Waals surface area contributed by atoms with Gasteiger partial charge in [-0.25, -0.2) is 4.79 Å². The zero-order valence-corrected chi connectivity index (χ0v) is 14.9. The summed E-state index contributed by atoms with van der Waals surface area (Å²) in [6, 6.07) is 0. The summed E-state index contributed by atoms with van der Waals surface area (Å²) in [5.41, 5.74) is -1.11. The van der Waals surface area contributed by atoms with Gasteiger partial charge in [-0.2, -0.15) is 13.2 Å². The summed E-state index contributed by atoms with van der Waals surface area (Å²) in [4.78, 5) is 23.4. The summed E-state index contributed by atoms with van der Waals surface area (Å²) >= 11 is 5.68. The zero-order valence-electron chi connectivity index (χ0n) is 14.2. The largest absolute Gasteiger partial charge is 0.490 e. The van der Waals surface area contributed by atoms with E-state index in [0.717, 1.165) is 19.3 Å². The van der Waals surface area contributed by atoms with E-state index in [-0.39, 0.29) is 17.3 Å². The normalized spacial score (nSPS) is 50.2. The lowest BCUT2D eigenvalue weighted by molar-refractivity contribution is -0.280. The third-order valence-corrected chi connectivity index (χ3v) is 8.31. The number of amides is 1. The second kappa shape index (κ2) is 5.09. The monoisotopic (exact) mass is 391 g/mol. The zero-order chi connectivity index (χ0) is 18.5. The number of halogens is 4. The van der Waals surface area contributed by atoms with Crippen LogP contribution in [0.1, 0.15) is 38.5 Å². The van der Waals surface area contributed by atoms with E-state index in [2.05, 4.69) is 5.32 Å². The molecule has 144 valence electrons. The number of carbonyl (C=O) groups is 2. The summed E-state index contributed by atoms with van der Waals surface area (Å²) in [7, 11) is 0. The Kier molecular flexibility index (Phi) is 3.35. The maximum absolute atomic E-state index is 12.7. The molecule has 26 heavy (non-hydrogen) atoms. The number of nitrogens with one attached hydrogen (secondary N) is 1. The maximum atomic E-state index is 12.7. The molecule has 8 heteroatoms. The molecule has 4 nitrogen and oxygen atoms in total. The van der Waals surface area contributed by atoms with Crippen molar-refractivity contribution in [3.8, 4) is 0 Å². The molecule has 0 heterocycles. The minimum absolute atomic E-state index is 0.0471. The van der Waals surface area contributed by atoms with Crippen LogP contribution >= 0.6 is 11.6 Å². The number of hydrogen-bond acceptors (Lipinski definition) is 3.